The minimum absolute atomic E-state index is 0.180. The van der Waals surface area contributed by atoms with E-state index in [2.05, 4.69) is 30.2 Å². The van der Waals surface area contributed by atoms with Crippen LogP contribution in [0.5, 0.6) is 0 Å². The molecule has 1 unspecified atom stereocenters. The molecule has 10 nitrogen and oxygen atoms in total. The van der Waals surface area contributed by atoms with Crippen molar-refractivity contribution in [2.24, 2.45) is 5.92 Å². The minimum atomic E-state index is -0.186. The quantitative estimate of drug-likeness (QED) is 0.476. The molecule has 5 heterocycles. The number of anilines is 1. The zero-order valence-corrected chi connectivity index (χ0v) is 17.5. The van der Waals surface area contributed by atoms with Crippen molar-refractivity contribution in [3.05, 3.63) is 63.5 Å². The average Bonchev–Trinajstić information content (AvgIpc) is 3.54. The van der Waals surface area contributed by atoms with Gasteiger partial charge in [-0.15, -0.1) is 9.73 Å². The second kappa shape index (κ2) is 6.88. The molecule has 0 aromatic carbocycles. The van der Waals surface area contributed by atoms with Crippen LogP contribution >= 0.6 is 11.6 Å². The lowest BCUT2D eigenvalue weighted by Crippen LogP contribution is -2.35. The van der Waals surface area contributed by atoms with E-state index in [1.807, 2.05) is 13.0 Å². The molecule has 1 aliphatic carbocycles. The van der Waals surface area contributed by atoms with E-state index >= 15 is 0 Å². The fraction of sp³-hybridized carbons (Fsp3) is 0.400. The highest BCUT2D eigenvalue weighted by atomic mass is 35.5. The van der Waals surface area contributed by atoms with E-state index in [0.717, 1.165) is 30.8 Å². The molecule has 3 atom stereocenters. The van der Waals surface area contributed by atoms with Crippen molar-refractivity contribution in [3.8, 4) is 0 Å². The van der Waals surface area contributed by atoms with Crippen LogP contribution in [0.4, 0.5) is 5.82 Å². The lowest BCUT2D eigenvalue weighted by atomic mass is 9.94. The highest BCUT2D eigenvalue weighted by Gasteiger charge is 2.47. The molecule has 0 N–H and O–H groups in total. The maximum atomic E-state index is 12.7. The number of pyridine rings is 1. The molecular weight excluding hydrogens is 420 g/mol. The predicted molar refractivity (Wildman–Crippen MR) is 111 cm³/mol. The Balaban J connectivity index is 1.20. The molecule has 4 aromatic heterocycles. The normalized spacial score (nSPS) is 22.6. The van der Waals surface area contributed by atoms with Gasteiger partial charge in [0.1, 0.15) is 18.7 Å². The van der Waals surface area contributed by atoms with Crippen LogP contribution in [0, 0.1) is 12.8 Å². The molecule has 0 radical (unpaired) electrons. The summed E-state index contributed by atoms with van der Waals surface area (Å²) in [6.45, 7) is 2.91. The zero-order valence-electron chi connectivity index (χ0n) is 16.7. The fourth-order valence-corrected chi connectivity index (χ4v) is 5.06. The molecule has 1 saturated carbocycles. The Morgan fingerprint density at radius 3 is 3.00 bits per heavy atom. The van der Waals surface area contributed by atoms with Crippen molar-refractivity contribution in [1.82, 2.24) is 34.5 Å². The summed E-state index contributed by atoms with van der Waals surface area (Å²) in [7, 11) is 0. The van der Waals surface area contributed by atoms with Crippen LogP contribution in [0.2, 0.25) is 5.02 Å². The highest BCUT2D eigenvalue weighted by molar-refractivity contribution is 6.30. The largest absolute Gasteiger partial charge is 0.353 e. The monoisotopic (exact) mass is 438 g/mol. The van der Waals surface area contributed by atoms with Crippen LogP contribution < -0.4 is 10.5 Å². The summed E-state index contributed by atoms with van der Waals surface area (Å²) >= 11 is 6.13. The molecule has 4 aromatic rings. The maximum absolute atomic E-state index is 12.7. The number of hydrogen-bond acceptors (Lipinski definition) is 8. The summed E-state index contributed by atoms with van der Waals surface area (Å²) in [4.78, 5) is 24.1. The third-order valence-corrected chi connectivity index (χ3v) is 6.60. The van der Waals surface area contributed by atoms with E-state index in [1.54, 1.807) is 18.5 Å². The molecule has 11 heteroatoms. The van der Waals surface area contributed by atoms with Gasteiger partial charge in [-0.1, -0.05) is 16.8 Å². The summed E-state index contributed by atoms with van der Waals surface area (Å²) in [6, 6.07) is 4.09. The first kappa shape index (κ1) is 18.5. The standard InChI is InChI=1S/C20H19ClN8O2/c1-11-7-23-29-18(11)20(30)27(10-24-29)9-17-25-19(26-31-17)15-6-14-4-12(15)8-28(14)16-5-13(21)2-3-22-16/h2-3,5,7,10,12,14-15H,4,6,8-9H2,1H3/t12-,14?,15+/m0/s1. The molecule has 1 saturated heterocycles. The Morgan fingerprint density at radius 2 is 2.19 bits per heavy atom. The molecule has 2 fully saturated rings. The molecule has 0 amide bonds. The van der Waals surface area contributed by atoms with Crippen molar-refractivity contribution < 1.29 is 4.52 Å². The maximum Gasteiger partial charge on any atom is 0.280 e. The van der Waals surface area contributed by atoms with Crippen molar-refractivity contribution >= 4 is 22.9 Å². The van der Waals surface area contributed by atoms with Gasteiger partial charge in [0.15, 0.2) is 11.3 Å². The van der Waals surface area contributed by atoms with E-state index in [-0.39, 0.29) is 18.0 Å². The van der Waals surface area contributed by atoms with Crippen LogP contribution in [-0.4, -0.2) is 47.1 Å². The number of nitrogens with zero attached hydrogens (tertiary/aromatic N) is 8. The Kier molecular flexibility index (Phi) is 4.10. The first-order valence-corrected chi connectivity index (χ1v) is 10.6. The van der Waals surface area contributed by atoms with Gasteiger partial charge in [0.2, 0.25) is 5.89 Å². The first-order chi connectivity index (χ1) is 15.1. The minimum Gasteiger partial charge on any atom is -0.353 e. The number of aromatic nitrogens is 7. The summed E-state index contributed by atoms with van der Waals surface area (Å²) in [6.07, 6.45) is 6.82. The van der Waals surface area contributed by atoms with Gasteiger partial charge in [0.05, 0.1) is 6.20 Å². The number of piperidine rings is 1. The third-order valence-electron chi connectivity index (χ3n) is 6.36. The topological polar surface area (TPSA) is 107 Å². The third kappa shape index (κ3) is 3.01. The highest BCUT2D eigenvalue weighted by Crippen LogP contribution is 2.47. The zero-order chi connectivity index (χ0) is 21.1. The van der Waals surface area contributed by atoms with Crippen molar-refractivity contribution in [2.45, 2.75) is 38.3 Å². The van der Waals surface area contributed by atoms with Crippen molar-refractivity contribution in [1.29, 1.82) is 0 Å². The number of rotatable bonds is 4. The van der Waals surface area contributed by atoms with Gasteiger partial charge in [-0.3, -0.25) is 9.36 Å². The van der Waals surface area contributed by atoms with E-state index in [0.29, 0.717) is 34.2 Å². The number of fused-ring (bicyclic) bond motifs is 3. The summed E-state index contributed by atoms with van der Waals surface area (Å²) < 4.78 is 8.28. The fourth-order valence-electron chi connectivity index (χ4n) is 4.90. The van der Waals surface area contributed by atoms with E-state index in [1.165, 1.54) is 15.5 Å². The van der Waals surface area contributed by atoms with Crippen LogP contribution in [0.3, 0.4) is 0 Å². The molecule has 6 rings (SSSR count). The molecule has 2 aliphatic rings. The Hall–Kier alpha value is -3.27. The van der Waals surface area contributed by atoms with Gasteiger partial charge < -0.3 is 9.42 Å². The molecule has 31 heavy (non-hydrogen) atoms. The van der Waals surface area contributed by atoms with Crippen molar-refractivity contribution in [2.75, 3.05) is 11.4 Å². The average molecular weight is 439 g/mol. The summed E-state index contributed by atoms with van der Waals surface area (Å²) in [5.41, 5.74) is 1.04. The van der Waals surface area contributed by atoms with Gasteiger partial charge in [-0.25, -0.2) is 4.98 Å². The van der Waals surface area contributed by atoms with Gasteiger partial charge in [-0.05, 0) is 37.8 Å². The Labute approximate surface area is 181 Å². The SMILES string of the molecule is Cc1cnn2ncn(Cc3nc([C@@H]4CC5C[C@H]4CN5c4cc(Cl)ccn4)no3)c(=O)c12. The van der Waals surface area contributed by atoms with Crippen LogP contribution in [0.25, 0.3) is 5.52 Å². The Morgan fingerprint density at radius 1 is 1.29 bits per heavy atom. The van der Waals surface area contributed by atoms with Crippen LogP contribution in [0.1, 0.15) is 36.0 Å². The van der Waals surface area contributed by atoms with Crippen LogP contribution in [-0.2, 0) is 6.54 Å². The Bertz CT molecular complexity index is 1340. The lowest BCUT2D eigenvalue weighted by Gasteiger charge is -2.31. The predicted octanol–water partition coefficient (Wildman–Crippen LogP) is 2.06. The smallest absolute Gasteiger partial charge is 0.280 e. The van der Waals surface area contributed by atoms with E-state index in [4.69, 9.17) is 16.1 Å². The molecular formula is C20H19ClN8O2. The molecule has 158 valence electrons. The molecule has 1 aliphatic heterocycles. The number of aryl methyl sites for hydroxylation is 1. The van der Waals surface area contributed by atoms with Crippen LogP contribution in [0.15, 0.2) is 40.2 Å². The second-order valence-corrected chi connectivity index (χ2v) is 8.69. The summed E-state index contributed by atoms with van der Waals surface area (Å²) in [5.74, 6) is 2.71. The van der Waals surface area contributed by atoms with Gasteiger partial charge in [0.25, 0.3) is 5.56 Å². The molecule has 2 bridgehead atoms. The van der Waals surface area contributed by atoms with Gasteiger partial charge >= 0.3 is 0 Å². The van der Waals surface area contributed by atoms with E-state index in [9.17, 15) is 4.79 Å². The number of halogens is 1. The molecule has 0 spiro atoms. The van der Waals surface area contributed by atoms with Gasteiger partial charge in [-0.2, -0.15) is 10.1 Å². The first-order valence-electron chi connectivity index (χ1n) is 10.2. The second-order valence-electron chi connectivity index (χ2n) is 8.25. The van der Waals surface area contributed by atoms with Crippen molar-refractivity contribution in [3.63, 3.8) is 0 Å². The van der Waals surface area contributed by atoms with E-state index < -0.39 is 0 Å². The lowest BCUT2D eigenvalue weighted by molar-refractivity contribution is 0.353. The summed E-state index contributed by atoms with van der Waals surface area (Å²) in [5, 5.41) is 13.2. The number of hydrogen-bond donors (Lipinski definition) is 0. The van der Waals surface area contributed by atoms with Gasteiger partial charge in [0, 0.05) is 35.3 Å².